The molecule has 1 saturated carbocycles. The second-order valence-corrected chi connectivity index (χ2v) is 8.93. The third kappa shape index (κ3) is 4.05. The lowest BCUT2D eigenvalue weighted by molar-refractivity contribution is -0.539. The number of piperazine rings is 1. The van der Waals surface area contributed by atoms with E-state index in [4.69, 9.17) is 0 Å². The van der Waals surface area contributed by atoms with E-state index in [1.165, 1.54) is 4.90 Å². The molecule has 1 atom stereocenters. The highest BCUT2D eigenvalue weighted by Gasteiger charge is 2.50. The van der Waals surface area contributed by atoms with Crippen LogP contribution in [0.3, 0.4) is 0 Å². The molecule has 0 bridgehead atoms. The molecule has 1 unspecified atom stereocenters. The summed E-state index contributed by atoms with van der Waals surface area (Å²) in [5.74, 6) is -1.07. The number of amidine groups is 1. The van der Waals surface area contributed by atoms with Crippen LogP contribution in [-0.4, -0.2) is 100 Å². The van der Waals surface area contributed by atoms with Crippen molar-refractivity contribution in [3.05, 3.63) is 11.8 Å². The van der Waals surface area contributed by atoms with Gasteiger partial charge in [0.15, 0.2) is 19.0 Å². The molecule has 10 nitrogen and oxygen atoms in total. The van der Waals surface area contributed by atoms with E-state index in [-0.39, 0.29) is 24.4 Å². The summed E-state index contributed by atoms with van der Waals surface area (Å²) in [6, 6.07) is -0.424. The minimum absolute atomic E-state index is 0.0336. The number of hydrogen-bond donors (Lipinski definition) is 1. The number of imide groups is 1. The molecule has 5 amide bonds. The van der Waals surface area contributed by atoms with Crippen molar-refractivity contribution in [1.82, 2.24) is 20.0 Å². The highest BCUT2D eigenvalue weighted by atomic mass is 16.2. The third-order valence-corrected chi connectivity index (χ3v) is 6.79. The van der Waals surface area contributed by atoms with E-state index < -0.39 is 17.9 Å². The summed E-state index contributed by atoms with van der Waals surface area (Å²) in [6.45, 7) is 5.49. The van der Waals surface area contributed by atoms with E-state index in [1.807, 2.05) is 6.92 Å². The Morgan fingerprint density at radius 1 is 1.19 bits per heavy atom. The molecule has 0 aromatic heterocycles. The number of aliphatic imine (C=N–C) groups is 1. The molecule has 32 heavy (non-hydrogen) atoms. The molecule has 0 spiro atoms. The highest BCUT2D eigenvalue weighted by molar-refractivity contribution is 6.32. The predicted octanol–water partition coefficient (Wildman–Crippen LogP) is 0.187. The van der Waals surface area contributed by atoms with Crippen molar-refractivity contribution >= 4 is 35.3 Å². The zero-order chi connectivity index (χ0) is 23.0. The third-order valence-electron chi connectivity index (χ3n) is 6.79. The first kappa shape index (κ1) is 22.2. The van der Waals surface area contributed by atoms with Crippen LogP contribution in [0.2, 0.25) is 0 Å². The standard InChI is InChI=1S/C22H30N6O4/c1-14-12-23-20-18(19(14)27-10-8-26(9-11-27)15(2)29)21(31)28(22(32)25(20)3)13-17(30)24-16-6-4-5-7-16/h12,16,18H,4-11,13H2,1-3H3/p+1. The topological polar surface area (TPSA) is 105 Å². The fourth-order valence-electron chi connectivity index (χ4n) is 5.02. The Hall–Kier alpha value is -3.04. The lowest BCUT2D eigenvalue weighted by atomic mass is 9.90. The molecular formula is C22H31N6O4+. The fraction of sp³-hybridized carbons (Fsp3) is 0.636. The van der Waals surface area contributed by atoms with Gasteiger partial charge in [-0.2, -0.15) is 0 Å². The van der Waals surface area contributed by atoms with Gasteiger partial charge in [-0.3, -0.25) is 24.2 Å². The van der Waals surface area contributed by atoms with Crippen LogP contribution in [0.1, 0.15) is 39.5 Å². The number of nitrogens with zero attached hydrogens (tertiary/aromatic N) is 5. The van der Waals surface area contributed by atoms with Crippen LogP contribution in [0.4, 0.5) is 4.79 Å². The Bertz CT molecular complexity index is 936. The van der Waals surface area contributed by atoms with Crippen LogP contribution in [0.25, 0.3) is 0 Å². The van der Waals surface area contributed by atoms with Crippen molar-refractivity contribution in [3.8, 4) is 0 Å². The molecule has 0 aromatic rings. The van der Waals surface area contributed by atoms with Gasteiger partial charge in [0, 0.05) is 31.8 Å². The van der Waals surface area contributed by atoms with E-state index in [2.05, 4.69) is 14.9 Å². The van der Waals surface area contributed by atoms with Crippen molar-refractivity contribution in [3.63, 3.8) is 0 Å². The number of carbonyl (C=O) groups is 4. The molecule has 3 fully saturated rings. The number of fused-ring (bicyclic) bond motifs is 1. The van der Waals surface area contributed by atoms with Crippen LogP contribution >= 0.6 is 0 Å². The average molecular weight is 444 g/mol. The Balaban J connectivity index is 1.59. The number of amides is 5. The van der Waals surface area contributed by atoms with Crippen molar-refractivity contribution < 1.29 is 23.8 Å². The number of carbonyl (C=O) groups excluding carboxylic acids is 4. The fourth-order valence-corrected chi connectivity index (χ4v) is 5.02. The molecule has 1 aliphatic carbocycles. The number of nitrogens with one attached hydrogen (secondary N) is 1. The summed E-state index contributed by atoms with van der Waals surface area (Å²) >= 11 is 0. The maximum absolute atomic E-state index is 13.5. The minimum Gasteiger partial charge on any atom is -0.352 e. The molecule has 0 aromatic carbocycles. The molecule has 4 aliphatic rings. The first-order valence-electron chi connectivity index (χ1n) is 11.3. The molecule has 0 radical (unpaired) electrons. The van der Waals surface area contributed by atoms with Crippen molar-refractivity contribution in [2.45, 2.75) is 45.6 Å². The van der Waals surface area contributed by atoms with E-state index in [0.717, 1.165) is 41.9 Å². The maximum Gasteiger partial charge on any atom is 0.332 e. The van der Waals surface area contributed by atoms with Gasteiger partial charge >= 0.3 is 6.03 Å². The Labute approximate surface area is 187 Å². The van der Waals surface area contributed by atoms with E-state index in [9.17, 15) is 19.2 Å². The van der Waals surface area contributed by atoms with Gasteiger partial charge in [-0.05, 0) is 19.8 Å². The Kier molecular flexibility index (Phi) is 6.12. The Morgan fingerprint density at radius 2 is 1.84 bits per heavy atom. The summed E-state index contributed by atoms with van der Waals surface area (Å²) in [5, 5.41) is 2.95. The van der Waals surface area contributed by atoms with Crippen LogP contribution < -0.4 is 5.32 Å². The predicted molar refractivity (Wildman–Crippen MR) is 117 cm³/mol. The molecule has 172 valence electrons. The second-order valence-electron chi connectivity index (χ2n) is 8.93. The number of rotatable bonds is 3. The van der Waals surface area contributed by atoms with E-state index in [0.29, 0.717) is 32.0 Å². The molecular weight excluding hydrogens is 412 g/mol. The van der Waals surface area contributed by atoms with Crippen molar-refractivity contribution in [2.75, 3.05) is 39.8 Å². The second kappa shape index (κ2) is 8.84. The van der Waals surface area contributed by atoms with Crippen LogP contribution in [0.5, 0.6) is 0 Å². The van der Waals surface area contributed by atoms with Gasteiger partial charge in [0.25, 0.3) is 5.91 Å². The quantitative estimate of drug-likeness (QED) is 0.629. The number of hydrogen-bond acceptors (Lipinski definition) is 5. The molecule has 1 N–H and O–H groups in total. The van der Waals surface area contributed by atoms with Gasteiger partial charge in [-0.1, -0.05) is 12.8 Å². The highest BCUT2D eigenvalue weighted by Crippen LogP contribution is 2.26. The van der Waals surface area contributed by atoms with Crippen LogP contribution in [-0.2, 0) is 14.4 Å². The number of allylic oxidation sites excluding steroid dienone is 1. The molecule has 3 heterocycles. The van der Waals surface area contributed by atoms with E-state index in [1.54, 1.807) is 25.1 Å². The van der Waals surface area contributed by atoms with Gasteiger partial charge in [0.05, 0.1) is 13.1 Å². The summed E-state index contributed by atoms with van der Waals surface area (Å²) in [7, 11) is 1.59. The van der Waals surface area contributed by atoms with Crippen molar-refractivity contribution in [2.24, 2.45) is 10.9 Å². The van der Waals surface area contributed by atoms with Crippen molar-refractivity contribution in [1.29, 1.82) is 0 Å². The minimum atomic E-state index is -0.745. The summed E-state index contributed by atoms with van der Waals surface area (Å²) in [6.07, 6.45) is 5.70. The zero-order valence-electron chi connectivity index (χ0n) is 19.0. The SMILES string of the molecule is CC(=O)N1CC[N+](=C2C(C)=CN=C3C2C(=O)N(CC(=O)NC2CCCC2)C(=O)N3C)CC1. The van der Waals surface area contributed by atoms with Gasteiger partial charge < -0.3 is 10.2 Å². The van der Waals surface area contributed by atoms with E-state index >= 15 is 0 Å². The lowest BCUT2D eigenvalue weighted by Crippen LogP contribution is -2.63. The first-order chi connectivity index (χ1) is 15.3. The summed E-state index contributed by atoms with van der Waals surface area (Å²) < 4.78 is 2.10. The van der Waals surface area contributed by atoms with Crippen LogP contribution in [0.15, 0.2) is 16.8 Å². The monoisotopic (exact) mass is 443 g/mol. The zero-order valence-corrected chi connectivity index (χ0v) is 19.0. The smallest absolute Gasteiger partial charge is 0.332 e. The maximum atomic E-state index is 13.5. The number of urea groups is 1. The van der Waals surface area contributed by atoms with Gasteiger partial charge in [0.1, 0.15) is 12.4 Å². The normalized spacial score (nSPS) is 24.5. The first-order valence-corrected chi connectivity index (χ1v) is 11.3. The lowest BCUT2D eigenvalue weighted by Gasteiger charge is -2.38. The molecule has 4 rings (SSSR count). The summed E-state index contributed by atoms with van der Waals surface area (Å²) in [5.41, 5.74) is 1.64. The van der Waals surface area contributed by atoms with Gasteiger partial charge in [-0.25, -0.2) is 14.4 Å². The van der Waals surface area contributed by atoms with Gasteiger partial charge in [0.2, 0.25) is 17.5 Å². The van der Waals surface area contributed by atoms with Gasteiger partial charge in [-0.15, -0.1) is 0 Å². The van der Waals surface area contributed by atoms with Crippen LogP contribution in [0, 0.1) is 5.92 Å². The Morgan fingerprint density at radius 3 is 2.47 bits per heavy atom. The average Bonchev–Trinajstić information content (AvgIpc) is 3.28. The summed E-state index contributed by atoms with van der Waals surface area (Å²) in [4.78, 5) is 59.4. The molecule has 3 aliphatic heterocycles. The largest absolute Gasteiger partial charge is 0.352 e. The molecule has 2 saturated heterocycles. The molecule has 10 heteroatoms.